The molecule has 0 saturated heterocycles. The SMILES string of the molecule is CCNC(=NCc1ncc(CC)s1)NCCCc1nnc2n1CCCCC2.I. The second-order valence-corrected chi connectivity index (χ2v) is 7.99. The highest BCUT2D eigenvalue weighted by atomic mass is 127. The molecule has 3 rings (SSSR count). The summed E-state index contributed by atoms with van der Waals surface area (Å²) >= 11 is 1.74. The lowest BCUT2D eigenvalue weighted by Gasteiger charge is -2.11. The summed E-state index contributed by atoms with van der Waals surface area (Å²) in [6.07, 6.45) is 9.80. The van der Waals surface area contributed by atoms with Gasteiger partial charge in [0, 0.05) is 43.5 Å². The number of thiazole rings is 1. The Kier molecular flexibility index (Phi) is 10.2. The van der Waals surface area contributed by atoms with Gasteiger partial charge in [0.2, 0.25) is 0 Å². The van der Waals surface area contributed by atoms with Crippen LogP contribution in [-0.4, -0.2) is 38.8 Å². The van der Waals surface area contributed by atoms with Gasteiger partial charge >= 0.3 is 0 Å². The summed E-state index contributed by atoms with van der Waals surface area (Å²) in [5.41, 5.74) is 0. The minimum atomic E-state index is 0. The van der Waals surface area contributed by atoms with Gasteiger partial charge in [0.05, 0.1) is 6.54 Å². The van der Waals surface area contributed by atoms with E-state index in [0.717, 1.165) is 62.1 Å². The van der Waals surface area contributed by atoms with Crippen molar-refractivity contribution in [3.63, 3.8) is 0 Å². The summed E-state index contributed by atoms with van der Waals surface area (Å²) < 4.78 is 2.33. The smallest absolute Gasteiger partial charge is 0.191 e. The number of nitrogens with one attached hydrogen (secondary N) is 2. The monoisotopic (exact) mass is 517 g/mol. The predicted octanol–water partition coefficient (Wildman–Crippen LogP) is 3.33. The first-order valence-corrected chi connectivity index (χ1v) is 11.0. The number of halogens is 1. The molecule has 1 aliphatic heterocycles. The molecule has 0 bridgehead atoms. The second kappa shape index (κ2) is 12.4. The molecule has 0 aromatic carbocycles. The van der Waals surface area contributed by atoms with Gasteiger partial charge in [0.15, 0.2) is 5.96 Å². The lowest BCUT2D eigenvalue weighted by molar-refractivity contribution is 0.594. The zero-order chi connectivity index (χ0) is 18.9. The van der Waals surface area contributed by atoms with Gasteiger partial charge in [0.25, 0.3) is 0 Å². The van der Waals surface area contributed by atoms with Crippen molar-refractivity contribution in [3.05, 3.63) is 27.7 Å². The zero-order valence-corrected chi connectivity index (χ0v) is 20.1. The lowest BCUT2D eigenvalue weighted by atomic mass is 10.2. The maximum absolute atomic E-state index is 4.66. The predicted molar refractivity (Wildman–Crippen MR) is 126 cm³/mol. The fourth-order valence-electron chi connectivity index (χ4n) is 3.26. The third-order valence-corrected chi connectivity index (χ3v) is 5.85. The van der Waals surface area contributed by atoms with Gasteiger partial charge in [0.1, 0.15) is 16.7 Å². The summed E-state index contributed by atoms with van der Waals surface area (Å²) in [5, 5.41) is 16.6. The summed E-state index contributed by atoms with van der Waals surface area (Å²) in [5.74, 6) is 3.15. The summed E-state index contributed by atoms with van der Waals surface area (Å²) in [6, 6.07) is 0. The van der Waals surface area contributed by atoms with Gasteiger partial charge in [-0.15, -0.1) is 45.5 Å². The highest BCUT2D eigenvalue weighted by Crippen LogP contribution is 2.15. The maximum Gasteiger partial charge on any atom is 0.191 e. The van der Waals surface area contributed by atoms with Crippen LogP contribution in [0.4, 0.5) is 0 Å². The largest absolute Gasteiger partial charge is 0.357 e. The van der Waals surface area contributed by atoms with Crippen molar-refractivity contribution in [3.8, 4) is 0 Å². The van der Waals surface area contributed by atoms with E-state index in [1.807, 2.05) is 6.20 Å². The Bertz CT molecular complexity index is 740. The second-order valence-electron chi connectivity index (χ2n) is 6.79. The topological polar surface area (TPSA) is 80.0 Å². The van der Waals surface area contributed by atoms with Crippen molar-refractivity contribution in [2.24, 2.45) is 4.99 Å². The molecule has 28 heavy (non-hydrogen) atoms. The van der Waals surface area contributed by atoms with Crippen molar-refractivity contribution in [2.45, 2.75) is 71.9 Å². The molecule has 0 amide bonds. The molecule has 0 saturated carbocycles. The van der Waals surface area contributed by atoms with E-state index in [0.29, 0.717) is 6.54 Å². The standard InChI is InChI=1S/C19H31N7S.HI/c1-3-15-13-22-18(27-15)14-23-19(20-4-2)21-11-8-10-17-25-24-16-9-6-5-7-12-26(16)17;/h13H,3-12,14H2,1-2H3,(H2,20,21,23);1H. The molecule has 0 unspecified atom stereocenters. The molecule has 0 fully saturated rings. The summed E-state index contributed by atoms with van der Waals surface area (Å²) in [4.78, 5) is 10.4. The molecule has 1 aliphatic rings. The van der Waals surface area contributed by atoms with E-state index in [9.17, 15) is 0 Å². The van der Waals surface area contributed by atoms with Crippen LogP contribution in [0, 0.1) is 0 Å². The number of nitrogens with zero attached hydrogens (tertiary/aromatic N) is 5. The number of rotatable bonds is 8. The molecule has 0 spiro atoms. The fourth-order valence-corrected chi connectivity index (χ4v) is 4.04. The van der Waals surface area contributed by atoms with E-state index in [4.69, 9.17) is 0 Å². The van der Waals surface area contributed by atoms with E-state index >= 15 is 0 Å². The molecule has 156 valence electrons. The molecular formula is C19H32IN7S. The number of fused-ring (bicyclic) bond motifs is 1. The van der Waals surface area contributed by atoms with Crippen LogP contribution in [0.5, 0.6) is 0 Å². The first-order chi connectivity index (χ1) is 13.3. The summed E-state index contributed by atoms with van der Waals surface area (Å²) in [6.45, 7) is 7.65. The molecule has 2 aromatic heterocycles. The van der Waals surface area contributed by atoms with E-state index < -0.39 is 0 Å². The van der Waals surface area contributed by atoms with Crippen LogP contribution in [0.25, 0.3) is 0 Å². The van der Waals surface area contributed by atoms with Crippen LogP contribution in [0.2, 0.25) is 0 Å². The Morgan fingerprint density at radius 3 is 2.89 bits per heavy atom. The Morgan fingerprint density at radius 1 is 1.21 bits per heavy atom. The van der Waals surface area contributed by atoms with Gasteiger partial charge in [-0.05, 0) is 32.6 Å². The number of aliphatic imine (C=N–C) groups is 1. The van der Waals surface area contributed by atoms with Gasteiger partial charge in [-0.2, -0.15) is 0 Å². The van der Waals surface area contributed by atoms with Crippen molar-refractivity contribution in [2.75, 3.05) is 13.1 Å². The fraction of sp³-hybridized carbons (Fsp3) is 0.684. The quantitative estimate of drug-likeness (QED) is 0.243. The normalized spacial score (nSPS) is 14.1. The number of hydrogen-bond acceptors (Lipinski definition) is 5. The van der Waals surface area contributed by atoms with Crippen LogP contribution in [0.1, 0.15) is 61.1 Å². The number of aryl methyl sites for hydroxylation is 3. The molecule has 9 heteroatoms. The number of aromatic nitrogens is 4. The van der Waals surface area contributed by atoms with Crippen molar-refractivity contribution >= 4 is 41.3 Å². The Labute approximate surface area is 188 Å². The molecule has 2 aromatic rings. The number of hydrogen-bond donors (Lipinski definition) is 2. The molecule has 0 aliphatic carbocycles. The maximum atomic E-state index is 4.66. The molecular weight excluding hydrogens is 485 g/mol. The van der Waals surface area contributed by atoms with Crippen molar-refractivity contribution < 1.29 is 0 Å². The molecule has 7 nitrogen and oxygen atoms in total. The number of guanidine groups is 1. The highest BCUT2D eigenvalue weighted by Gasteiger charge is 2.14. The first kappa shape index (κ1) is 23.1. The van der Waals surface area contributed by atoms with Gasteiger partial charge in [-0.25, -0.2) is 9.98 Å². The first-order valence-electron chi connectivity index (χ1n) is 10.2. The Hall–Kier alpha value is -1.23. The van der Waals surface area contributed by atoms with Crippen LogP contribution >= 0.6 is 35.3 Å². The van der Waals surface area contributed by atoms with E-state index in [2.05, 4.69) is 49.2 Å². The minimum Gasteiger partial charge on any atom is -0.357 e. The Balaban J connectivity index is 0.00000280. The van der Waals surface area contributed by atoms with Crippen molar-refractivity contribution in [1.82, 2.24) is 30.4 Å². The molecule has 3 heterocycles. The molecule has 0 atom stereocenters. The lowest BCUT2D eigenvalue weighted by Crippen LogP contribution is -2.37. The van der Waals surface area contributed by atoms with Crippen LogP contribution in [-0.2, 0) is 32.4 Å². The van der Waals surface area contributed by atoms with Gasteiger partial charge in [-0.3, -0.25) is 0 Å². The highest BCUT2D eigenvalue weighted by molar-refractivity contribution is 14.0. The third-order valence-electron chi connectivity index (χ3n) is 4.72. The van der Waals surface area contributed by atoms with Crippen LogP contribution < -0.4 is 10.6 Å². The van der Waals surface area contributed by atoms with Crippen LogP contribution in [0.3, 0.4) is 0 Å². The van der Waals surface area contributed by atoms with E-state index in [1.165, 1.54) is 30.0 Å². The van der Waals surface area contributed by atoms with Gasteiger partial charge in [-0.1, -0.05) is 13.3 Å². The zero-order valence-electron chi connectivity index (χ0n) is 16.9. The van der Waals surface area contributed by atoms with Gasteiger partial charge < -0.3 is 15.2 Å². The third kappa shape index (κ3) is 6.68. The molecule has 2 N–H and O–H groups in total. The average Bonchev–Trinajstić information content (AvgIpc) is 3.23. The Morgan fingerprint density at radius 2 is 2.11 bits per heavy atom. The summed E-state index contributed by atoms with van der Waals surface area (Å²) in [7, 11) is 0. The molecule has 0 radical (unpaired) electrons. The van der Waals surface area contributed by atoms with Crippen molar-refractivity contribution in [1.29, 1.82) is 0 Å². The average molecular weight is 517 g/mol. The van der Waals surface area contributed by atoms with E-state index in [1.54, 1.807) is 11.3 Å². The minimum absolute atomic E-state index is 0. The van der Waals surface area contributed by atoms with Crippen LogP contribution in [0.15, 0.2) is 11.2 Å². The van der Waals surface area contributed by atoms with E-state index in [-0.39, 0.29) is 24.0 Å².